The van der Waals surface area contributed by atoms with Crippen LogP contribution in [0.5, 0.6) is 0 Å². The molecule has 0 fully saturated rings. The molecule has 0 saturated carbocycles. The highest BCUT2D eigenvalue weighted by molar-refractivity contribution is 6.36. The lowest BCUT2D eigenvalue weighted by atomic mass is 10.9. The third-order valence-corrected chi connectivity index (χ3v) is 2.72. The topological polar surface area (TPSA) is 36.9 Å². The number of methoxy groups -OCH3 is 1. The quantitative estimate of drug-likeness (QED) is 0.615. The first-order valence-corrected chi connectivity index (χ1v) is 5.93. The Kier molecular flexibility index (Phi) is 17.4. The van der Waals surface area contributed by atoms with Gasteiger partial charge in [0.1, 0.15) is 0 Å². The molecule has 0 radical (unpaired) electrons. The van der Waals surface area contributed by atoms with Gasteiger partial charge in [0.05, 0.1) is 0 Å². The van der Waals surface area contributed by atoms with Gasteiger partial charge in [-0.15, -0.1) is 0 Å². The van der Waals surface area contributed by atoms with E-state index in [0.29, 0.717) is 19.8 Å². The van der Waals surface area contributed by atoms with E-state index < -0.39 is 9.53 Å². The molecule has 0 rings (SSSR count). The van der Waals surface area contributed by atoms with Crippen molar-refractivity contribution in [2.45, 2.75) is 20.8 Å². The molecule has 0 aromatic rings. The molecule has 0 saturated heterocycles. The van der Waals surface area contributed by atoms with Crippen LogP contribution in [0.3, 0.4) is 0 Å². The van der Waals surface area contributed by atoms with Crippen LogP contribution in [0.4, 0.5) is 0 Å². The lowest BCUT2D eigenvalue weighted by Crippen LogP contribution is -2.27. The van der Waals surface area contributed by atoms with Crippen molar-refractivity contribution in [2.75, 3.05) is 34.0 Å². The maximum Gasteiger partial charge on any atom is 0.484 e. The third-order valence-electron chi connectivity index (χ3n) is 0.908. The summed E-state index contributed by atoms with van der Waals surface area (Å²) in [6.07, 6.45) is 0. The Morgan fingerprint density at radius 2 is 1.00 bits per heavy atom. The lowest BCUT2D eigenvalue weighted by molar-refractivity contribution is 0.107. The van der Waals surface area contributed by atoms with Gasteiger partial charge < -0.3 is 18.0 Å². The van der Waals surface area contributed by atoms with Gasteiger partial charge in [-0.2, -0.15) is 0 Å². The monoisotopic (exact) mass is 210 g/mol. The zero-order chi connectivity index (χ0) is 10.5. The van der Waals surface area contributed by atoms with Gasteiger partial charge in [0.15, 0.2) is 0 Å². The molecule has 0 bridgehead atoms. The average molecular weight is 210 g/mol. The lowest BCUT2D eigenvalue weighted by Gasteiger charge is -2.12. The molecule has 0 heterocycles. The molecule has 0 aromatic carbocycles. The normalized spacial score (nSPS) is 9.69. The molecule has 0 spiro atoms. The van der Waals surface area contributed by atoms with Gasteiger partial charge in [-0.1, -0.05) is 0 Å². The van der Waals surface area contributed by atoms with E-state index in [9.17, 15) is 0 Å². The molecule has 0 N–H and O–H groups in total. The SMILES string of the molecule is CCO[SiH](OCC)OCC.COC. The summed E-state index contributed by atoms with van der Waals surface area (Å²) < 4.78 is 19.9. The van der Waals surface area contributed by atoms with Crippen LogP contribution >= 0.6 is 0 Å². The molecule has 82 valence electrons. The summed E-state index contributed by atoms with van der Waals surface area (Å²) in [4.78, 5) is 0. The molecular weight excluding hydrogens is 188 g/mol. The van der Waals surface area contributed by atoms with Crippen molar-refractivity contribution in [1.82, 2.24) is 0 Å². The Labute approximate surface area is 83.1 Å². The van der Waals surface area contributed by atoms with E-state index in [0.717, 1.165) is 0 Å². The summed E-state index contributed by atoms with van der Waals surface area (Å²) in [7, 11) is 1.52. The summed E-state index contributed by atoms with van der Waals surface area (Å²) >= 11 is 0. The maximum absolute atomic E-state index is 5.22. The summed E-state index contributed by atoms with van der Waals surface area (Å²) in [5.41, 5.74) is 0. The van der Waals surface area contributed by atoms with Crippen molar-refractivity contribution in [3.05, 3.63) is 0 Å². The molecule has 0 aliphatic heterocycles. The fourth-order valence-corrected chi connectivity index (χ4v) is 1.66. The van der Waals surface area contributed by atoms with Gasteiger partial charge in [-0.3, -0.25) is 0 Å². The van der Waals surface area contributed by atoms with Crippen LogP contribution in [0.15, 0.2) is 0 Å². The third kappa shape index (κ3) is 14.9. The summed E-state index contributed by atoms with van der Waals surface area (Å²) in [5, 5.41) is 0. The average Bonchev–Trinajstić information content (AvgIpc) is 2.07. The first-order chi connectivity index (χ1) is 6.26. The molecule has 0 unspecified atom stereocenters. The number of rotatable bonds is 6. The van der Waals surface area contributed by atoms with Crippen LogP contribution in [-0.2, 0) is 18.0 Å². The highest BCUT2D eigenvalue weighted by atomic mass is 28.3. The Balaban J connectivity index is 0. The van der Waals surface area contributed by atoms with Crippen LogP contribution in [0.1, 0.15) is 20.8 Å². The van der Waals surface area contributed by atoms with Gasteiger partial charge in [-0.25, -0.2) is 0 Å². The number of hydrogen-bond acceptors (Lipinski definition) is 4. The molecule has 0 aliphatic rings. The van der Waals surface area contributed by atoms with Gasteiger partial charge in [-0.05, 0) is 20.8 Å². The highest BCUT2D eigenvalue weighted by Crippen LogP contribution is 1.90. The van der Waals surface area contributed by atoms with Crippen LogP contribution in [-0.4, -0.2) is 43.6 Å². The molecule has 0 aromatic heterocycles. The summed E-state index contributed by atoms with van der Waals surface area (Å²) in [6, 6.07) is 0. The van der Waals surface area contributed by atoms with E-state index in [1.807, 2.05) is 20.8 Å². The van der Waals surface area contributed by atoms with Crippen LogP contribution in [0.25, 0.3) is 0 Å². The Hall–Kier alpha value is 0.0569. The van der Waals surface area contributed by atoms with Gasteiger partial charge in [0.25, 0.3) is 0 Å². The van der Waals surface area contributed by atoms with E-state index in [2.05, 4.69) is 4.74 Å². The maximum atomic E-state index is 5.22. The van der Waals surface area contributed by atoms with Gasteiger partial charge >= 0.3 is 9.53 Å². The van der Waals surface area contributed by atoms with Crippen LogP contribution in [0, 0.1) is 0 Å². The number of hydrogen-bond donors (Lipinski definition) is 0. The van der Waals surface area contributed by atoms with E-state index >= 15 is 0 Å². The zero-order valence-corrected chi connectivity index (χ0v) is 10.5. The zero-order valence-electron chi connectivity index (χ0n) is 9.33. The minimum Gasteiger partial charge on any atom is -0.388 e. The predicted molar refractivity (Wildman–Crippen MR) is 55.0 cm³/mol. The number of ether oxygens (including phenoxy) is 1. The Morgan fingerprint density at radius 1 is 0.769 bits per heavy atom. The van der Waals surface area contributed by atoms with Gasteiger partial charge in [0.2, 0.25) is 0 Å². The second-order valence-electron chi connectivity index (χ2n) is 2.06. The minimum absolute atomic E-state index is 0.677. The molecule has 5 heteroatoms. The summed E-state index contributed by atoms with van der Waals surface area (Å²) in [6.45, 7) is 7.86. The van der Waals surface area contributed by atoms with Crippen molar-refractivity contribution in [1.29, 1.82) is 0 Å². The van der Waals surface area contributed by atoms with E-state index in [1.165, 1.54) is 0 Å². The largest absolute Gasteiger partial charge is 0.484 e. The van der Waals surface area contributed by atoms with E-state index in [4.69, 9.17) is 13.3 Å². The molecule has 0 aliphatic carbocycles. The predicted octanol–water partition coefficient (Wildman–Crippen LogP) is 1.08. The van der Waals surface area contributed by atoms with E-state index in [1.54, 1.807) is 14.2 Å². The van der Waals surface area contributed by atoms with Crippen LogP contribution in [0.2, 0.25) is 0 Å². The molecule has 0 amide bonds. The van der Waals surface area contributed by atoms with E-state index in [-0.39, 0.29) is 0 Å². The standard InChI is InChI=1S/C6H16O3Si.C2H6O/c1-4-7-10(8-5-2)9-6-3;1-3-2/h10H,4-6H2,1-3H3;1-2H3. The van der Waals surface area contributed by atoms with Crippen LogP contribution < -0.4 is 0 Å². The second kappa shape index (κ2) is 14.6. The minimum atomic E-state index is -1.73. The van der Waals surface area contributed by atoms with Crippen molar-refractivity contribution >= 4 is 9.53 Å². The summed E-state index contributed by atoms with van der Waals surface area (Å²) in [5.74, 6) is 0. The molecule has 0 atom stereocenters. The van der Waals surface area contributed by atoms with Crippen molar-refractivity contribution in [3.8, 4) is 0 Å². The highest BCUT2D eigenvalue weighted by Gasteiger charge is 2.11. The fourth-order valence-electron chi connectivity index (χ4n) is 0.553. The molecule has 13 heavy (non-hydrogen) atoms. The molecule has 4 nitrogen and oxygen atoms in total. The smallest absolute Gasteiger partial charge is 0.388 e. The Bertz CT molecular complexity index is 68.3. The van der Waals surface area contributed by atoms with Crippen molar-refractivity contribution in [3.63, 3.8) is 0 Å². The van der Waals surface area contributed by atoms with Crippen molar-refractivity contribution < 1.29 is 18.0 Å². The fraction of sp³-hybridized carbons (Fsp3) is 1.00. The molecular formula is C8H22O4Si. The first kappa shape index (κ1) is 15.5. The first-order valence-electron chi connectivity index (χ1n) is 4.51. The van der Waals surface area contributed by atoms with Gasteiger partial charge in [0, 0.05) is 34.0 Å². The Morgan fingerprint density at radius 3 is 1.15 bits per heavy atom. The van der Waals surface area contributed by atoms with Crippen molar-refractivity contribution in [2.24, 2.45) is 0 Å². The second-order valence-corrected chi connectivity index (χ2v) is 3.64.